The number of hydrogen-bond donors (Lipinski definition) is 1. The topological polar surface area (TPSA) is 47.6 Å². The molecular formula is C29H26ClF4NO3. The zero-order chi connectivity index (χ0) is 27.2. The number of ether oxygens (including phenoxy) is 2. The first-order valence-electron chi connectivity index (χ1n) is 12.4. The van der Waals surface area contributed by atoms with Gasteiger partial charge in [0.2, 0.25) is 0 Å². The normalized spacial score (nSPS) is 22.1. The van der Waals surface area contributed by atoms with Crippen LogP contribution in [0.5, 0.6) is 11.5 Å². The summed E-state index contributed by atoms with van der Waals surface area (Å²) in [7, 11) is 0. The molecule has 1 N–H and O–H groups in total. The third-order valence-electron chi connectivity index (χ3n) is 7.36. The van der Waals surface area contributed by atoms with Gasteiger partial charge in [0.15, 0.2) is 23.0 Å². The molecule has 0 aromatic heterocycles. The number of nitrogens with one attached hydrogen (secondary N) is 1. The van der Waals surface area contributed by atoms with Crippen LogP contribution in [0.25, 0.3) is 11.1 Å². The Bertz CT molecular complexity index is 1380. The van der Waals surface area contributed by atoms with Crippen LogP contribution in [0.1, 0.15) is 48.2 Å². The lowest BCUT2D eigenvalue weighted by Crippen LogP contribution is -2.49. The van der Waals surface area contributed by atoms with Gasteiger partial charge in [-0.2, -0.15) is 8.78 Å². The average molecular weight is 548 g/mol. The van der Waals surface area contributed by atoms with Crippen molar-refractivity contribution in [2.24, 2.45) is 5.92 Å². The second-order valence-corrected chi connectivity index (χ2v) is 10.4. The maximum atomic E-state index is 15.7. The summed E-state index contributed by atoms with van der Waals surface area (Å²) < 4.78 is 67.7. The third kappa shape index (κ3) is 4.76. The molecule has 1 atom stereocenters. The van der Waals surface area contributed by atoms with Crippen molar-refractivity contribution in [1.29, 1.82) is 0 Å². The molecule has 0 amide bonds. The standard InChI is InChI=1S/C29H26ClF4NO3/c1-15-10-18(11-15)35-14-29(17-6-4-3-5-7-17)13-20-23(38-29)12-21(31)26(30)24(20)25-19(16(2)36)8-9-22(27(25)32)37-28(33)34/h3-9,12,15,18,28,35H,10-11,13-14H2,1-2H3/t15?,18?,29-/m1/s1. The highest BCUT2D eigenvalue weighted by molar-refractivity contribution is 6.34. The zero-order valence-electron chi connectivity index (χ0n) is 20.8. The molecule has 2 aliphatic rings. The van der Waals surface area contributed by atoms with Crippen LogP contribution in [0.3, 0.4) is 0 Å². The summed E-state index contributed by atoms with van der Waals surface area (Å²) in [4.78, 5) is 12.5. The zero-order valence-corrected chi connectivity index (χ0v) is 21.5. The van der Waals surface area contributed by atoms with E-state index in [-0.39, 0.29) is 23.3 Å². The van der Waals surface area contributed by atoms with Crippen molar-refractivity contribution in [3.63, 3.8) is 0 Å². The van der Waals surface area contributed by atoms with Crippen LogP contribution in [0, 0.1) is 17.6 Å². The van der Waals surface area contributed by atoms with Gasteiger partial charge in [-0.15, -0.1) is 0 Å². The number of carbonyl (C=O) groups is 1. The van der Waals surface area contributed by atoms with Crippen LogP contribution in [0.4, 0.5) is 17.6 Å². The molecular weight excluding hydrogens is 522 g/mol. The Balaban J connectivity index is 1.66. The monoisotopic (exact) mass is 547 g/mol. The summed E-state index contributed by atoms with van der Waals surface area (Å²) >= 11 is 6.42. The van der Waals surface area contributed by atoms with Gasteiger partial charge >= 0.3 is 6.61 Å². The fourth-order valence-electron chi connectivity index (χ4n) is 5.46. The van der Waals surface area contributed by atoms with E-state index in [0.29, 0.717) is 24.1 Å². The summed E-state index contributed by atoms with van der Waals surface area (Å²) in [5.74, 6) is -2.68. The van der Waals surface area contributed by atoms with E-state index in [1.165, 1.54) is 13.0 Å². The summed E-state index contributed by atoms with van der Waals surface area (Å²) in [5, 5.41) is 3.11. The van der Waals surface area contributed by atoms with Gasteiger partial charge < -0.3 is 14.8 Å². The first-order valence-corrected chi connectivity index (χ1v) is 12.7. The van der Waals surface area contributed by atoms with E-state index < -0.39 is 46.0 Å². The van der Waals surface area contributed by atoms with Gasteiger partial charge in [-0.1, -0.05) is 48.9 Å². The van der Waals surface area contributed by atoms with Gasteiger partial charge in [0.1, 0.15) is 11.6 Å². The number of rotatable bonds is 8. The Morgan fingerprint density at radius 1 is 1.16 bits per heavy atom. The van der Waals surface area contributed by atoms with Crippen molar-refractivity contribution in [3.8, 4) is 22.6 Å². The highest BCUT2D eigenvalue weighted by Gasteiger charge is 2.45. The minimum absolute atomic E-state index is 0.112. The Hall–Kier alpha value is -3.10. The molecule has 5 rings (SSSR count). The van der Waals surface area contributed by atoms with E-state index in [0.717, 1.165) is 30.5 Å². The van der Waals surface area contributed by atoms with E-state index in [9.17, 15) is 13.6 Å². The number of fused-ring (bicyclic) bond motifs is 1. The van der Waals surface area contributed by atoms with Crippen molar-refractivity contribution >= 4 is 17.4 Å². The van der Waals surface area contributed by atoms with E-state index in [2.05, 4.69) is 17.0 Å². The Labute approximate surface area is 222 Å². The fourth-order valence-corrected chi connectivity index (χ4v) is 5.73. The first kappa shape index (κ1) is 26.5. The Morgan fingerprint density at radius 2 is 1.87 bits per heavy atom. The largest absolute Gasteiger partial charge is 0.480 e. The SMILES string of the molecule is CC(=O)c1ccc(OC(F)F)c(F)c1-c1c(Cl)c(F)cc2c1C[C@@](CNC1CC(C)C1)(c1ccccc1)O2. The van der Waals surface area contributed by atoms with Gasteiger partial charge in [0, 0.05) is 47.3 Å². The number of alkyl halides is 2. The van der Waals surface area contributed by atoms with Crippen molar-refractivity contribution < 1.29 is 31.8 Å². The average Bonchev–Trinajstić information content (AvgIpc) is 3.23. The van der Waals surface area contributed by atoms with Gasteiger partial charge in [0.05, 0.1) is 5.02 Å². The molecule has 1 aliphatic heterocycles. The highest BCUT2D eigenvalue weighted by atomic mass is 35.5. The smallest absolute Gasteiger partial charge is 0.387 e. The number of hydrogen-bond acceptors (Lipinski definition) is 4. The van der Waals surface area contributed by atoms with Crippen LogP contribution < -0.4 is 14.8 Å². The summed E-state index contributed by atoms with van der Waals surface area (Å²) in [5.41, 5.74) is -0.431. The molecule has 38 heavy (non-hydrogen) atoms. The van der Waals surface area contributed by atoms with Crippen LogP contribution in [0.15, 0.2) is 48.5 Å². The summed E-state index contributed by atoms with van der Waals surface area (Å²) in [6, 6.07) is 13.0. The lowest BCUT2D eigenvalue weighted by molar-refractivity contribution is -0.0521. The van der Waals surface area contributed by atoms with Gasteiger partial charge in [0.25, 0.3) is 0 Å². The molecule has 0 bridgehead atoms. The molecule has 1 aliphatic carbocycles. The number of halogens is 5. The van der Waals surface area contributed by atoms with E-state index in [1.807, 2.05) is 30.3 Å². The molecule has 0 saturated heterocycles. The number of Topliss-reactive ketones (excluding diaryl/α,β-unsaturated/α-hetero) is 1. The van der Waals surface area contributed by atoms with Crippen molar-refractivity contribution in [1.82, 2.24) is 5.32 Å². The number of carbonyl (C=O) groups excluding carboxylic acids is 1. The molecule has 0 radical (unpaired) electrons. The molecule has 4 nitrogen and oxygen atoms in total. The van der Waals surface area contributed by atoms with Crippen molar-refractivity contribution in [3.05, 3.63) is 81.9 Å². The molecule has 9 heteroatoms. The molecule has 0 spiro atoms. The van der Waals surface area contributed by atoms with Crippen LogP contribution in [-0.2, 0) is 12.0 Å². The molecule has 3 aromatic rings. The molecule has 1 fully saturated rings. The van der Waals surface area contributed by atoms with Crippen molar-refractivity contribution in [2.75, 3.05) is 6.54 Å². The number of ketones is 1. The minimum Gasteiger partial charge on any atom is -0.480 e. The van der Waals surface area contributed by atoms with Gasteiger partial charge in [-0.05, 0) is 43.4 Å². The number of benzene rings is 3. The third-order valence-corrected chi connectivity index (χ3v) is 7.73. The molecule has 1 heterocycles. The molecule has 1 saturated carbocycles. The lowest BCUT2D eigenvalue weighted by Gasteiger charge is -2.37. The maximum absolute atomic E-state index is 15.7. The van der Waals surface area contributed by atoms with E-state index in [1.54, 1.807) is 0 Å². The van der Waals surface area contributed by atoms with Gasteiger partial charge in [-0.3, -0.25) is 4.79 Å². The second kappa shape index (κ2) is 10.2. The predicted molar refractivity (Wildman–Crippen MR) is 136 cm³/mol. The van der Waals surface area contributed by atoms with Crippen LogP contribution in [0.2, 0.25) is 5.02 Å². The van der Waals surface area contributed by atoms with Crippen LogP contribution >= 0.6 is 11.6 Å². The fraction of sp³-hybridized carbons (Fsp3) is 0.345. The maximum Gasteiger partial charge on any atom is 0.387 e. The minimum atomic E-state index is -3.30. The Morgan fingerprint density at radius 3 is 2.50 bits per heavy atom. The summed E-state index contributed by atoms with van der Waals surface area (Å²) in [6.45, 7) is 0.465. The molecule has 0 unspecified atom stereocenters. The predicted octanol–water partition coefficient (Wildman–Crippen LogP) is 7.31. The quantitative estimate of drug-likeness (QED) is 0.237. The van der Waals surface area contributed by atoms with Gasteiger partial charge in [-0.25, -0.2) is 8.78 Å². The molecule has 3 aromatic carbocycles. The molecule has 200 valence electrons. The Kier molecular flexibility index (Phi) is 7.13. The second-order valence-electron chi connectivity index (χ2n) is 10.1. The van der Waals surface area contributed by atoms with Crippen molar-refractivity contribution in [2.45, 2.75) is 51.4 Å². The lowest BCUT2D eigenvalue weighted by atomic mass is 9.80. The van der Waals surface area contributed by atoms with Crippen LogP contribution in [-0.4, -0.2) is 25.0 Å². The summed E-state index contributed by atoms with van der Waals surface area (Å²) in [6.07, 6.45) is 2.22. The van der Waals surface area contributed by atoms with E-state index in [4.69, 9.17) is 16.3 Å². The van der Waals surface area contributed by atoms with E-state index >= 15 is 8.78 Å². The highest BCUT2D eigenvalue weighted by Crippen LogP contribution is 2.51. The first-order chi connectivity index (χ1) is 18.1.